The molecule has 1 aromatic heterocycles. The Morgan fingerprint density at radius 3 is 2.23 bits per heavy atom. The van der Waals surface area contributed by atoms with Crippen molar-refractivity contribution in [2.75, 3.05) is 5.73 Å². The van der Waals surface area contributed by atoms with Crippen molar-refractivity contribution < 1.29 is 4.79 Å². The summed E-state index contributed by atoms with van der Waals surface area (Å²) in [6.45, 7) is 3.50. The van der Waals surface area contributed by atoms with Gasteiger partial charge in [-0.05, 0) is 49.2 Å². The molecule has 0 saturated heterocycles. The van der Waals surface area contributed by atoms with Gasteiger partial charge >= 0.3 is 0 Å². The maximum atomic E-state index is 12.4. The van der Waals surface area contributed by atoms with E-state index in [1.54, 1.807) is 26.0 Å². The number of anilines is 1. The number of nitrogens with two attached hydrogens (primary N) is 1. The Balaban J connectivity index is 1.73. The second kappa shape index (κ2) is 7.23. The minimum absolute atomic E-state index is 0.221. The van der Waals surface area contributed by atoms with E-state index in [9.17, 15) is 9.59 Å². The number of benzene rings is 2. The van der Waals surface area contributed by atoms with Gasteiger partial charge in [-0.3, -0.25) is 9.59 Å². The molecule has 26 heavy (non-hydrogen) atoms. The van der Waals surface area contributed by atoms with Gasteiger partial charge in [0.15, 0.2) is 0 Å². The van der Waals surface area contributed by atoms with Crippen LogP contribution in [0.1, 0.15) is 34.8 Å². The summed E-state index contributed by atoms with van der Waals surface area (Å²) in [6.07, 6.45) is 0. The van der Waals surface area contributed by atoms with Gasteiger partial charge in [-0.15, -0.1) is 0 Å². The van der Waals surface area contributed by atoms with E-state index in [-0.39, 0.29) is 17.5 Å². The normalized spacial score (nSPS) is 11.8. The lowest BCUT2D eigenvalue weighted by Crippen LogP contribution is -2.28. The molecule has 0 aliphatic heterocycles. The predicted octanol–water partition coefficient (Wildman–Crippen LogP) is 2.82. The van der Waals surface area contributed by atoms with Crippen LogP contribution in [0.2, 0.25) is 0 Å². The lowest BCUT2D eigenvalue weighted by molar-refractivity contribution is 0.0939. The molecule has 0 aliphatic rings. The summed E-state index contributed by atoms with van der Waals surface area (Å²) in [6, 6.07) is 15.9. The molecule has 3 aromatic rings. The van der Waals surface area contributed by atoms with Gasteiger partial charge in [-0.25, -0.2) is 4.98 Å². The van der Waals surface area contributed by atoms with E-state index in [0.717, 1.165) is 11.1 Å². The van der Waals surface area contributed by atoms with E-state index >= 15 is 0 Å². The number of rotatable bonds is 4. The Morgan fingerprint density at radius 2 is 1.65 bits per heavy atom. The molecular formula is C20H20N4O2. The standard InChI is InChI=1S/C20H20N4O2/c1-12(18-11-19(25)24-13(2)23-18)22-20(26)16-5-3-14(4-6-16)15-7-9-17(21)10-8-15/h3-12H,21H2,1-2H3,(H,22,26)(H,23,24,25). The van der Waals surface area contributed by atoms with Gasteiger partial charge in [0, 0.05) is 17.3 Å². The van der Waals surface area contributed by atoms with Gasteiger partial charge in [0.05, 0.1) is 11.7 Å². The second-order valence-electron chi connectivity index (χ2n) is 6.15. The zero-order valence-corrected chi connectivity index (χ0v) is 14.6. The van der Waals surface area contributed by atoms with Crippen molar-refractivity contribution in [1.82, 2.24) is 15.3 Å². The van der Waals surface area contributed by atoms with Crippen LogP contribution in [0.15, 0.2) is 59.4 Å². The van der Waals surface area contributed by atoms with Crippen molar-refractivity contribution in [2.24, 2.45) is 0 Å². The average Bonchev–Trinajstić information content (AvgIpc) is 2.61. The van der Waals surface area contributed by atoms with Crippen LogP contribution in [0.4, 0.5) is 5.69 Å². The number of H-pyrrole nitrogens is 1. The maximum Gasteiger partial charge on any atom is 0.251 e. The molecule has 6 heteroatoms. The minimum Gasteiger partial charge on any atom is -0.399 e. The summed E-state index contributed by atoms with van der Waals surface area (Å²) in [5, 5.41) is 2.86. The molecule has 4 N–H and O–H groups in total. The number of aromatic amines is 1. The number of nitrogen functional groups attached to an aromatic ring is 1. The number of nitrogens with one attached hydrogen (secondary N) is 2. The highest BCUT2D eigenvalue weighted by molar-refractivity contribution is 5.94. The average molecular weight is 348 g/mol. The molecule has 3 rings (SSSR count). The van der Waals surface area contributed by atoms with Crippen LogP contribution in [-0.4, -0.2) is 15.9 Å². The van der Waals surface area contributed by atoms with E-state index in [1.807, 2.05) is 36.4 Å². The number of aromatic nitrogens is 2. The van der Waals surface area contributed by atoms with Crippen LogP contribution >= 0.6 is 0 Å². The first-order valence-corrected chi connectivity index (χ1v) is 8.27. The number of nitrogens with zero attached hydrogens (tertiary/aromatic N) is 1. The third-order valence-electron chi connectivity index (χ3n) is 4.06. The van der Waals surface area contributed by atoms with Gasteiger partial charge in [-0.2, -0.15) is 0 Å². The van der Waals surface area contributed by atoms with Crippen molar-refractivity contribution in [2.45, 2.75) is 19.9 Å². The molecule has 0 spiro atoms. The van der Waals surface area contributed by atoms with Crippen LogP contribution in [0.3, 0.4) is 0 Å². The fraction of sp³-hybridized carbons (Fsp3) is 0.150. The number of carbonyl (C=O) groups excluding carboxylic acids is 1. The summed E-state index contributed by atoms with van der Waals surface area (Å²) < 4.78 is 0. The smallest absolute Gasteiger partial charge is 0.251 e. The third-order valence-corrected chi connectivity index (χ3v) is 4.06. The van der Waals surface area contributed by atoms with E-state index in [2.05, 4.69) is 15.3 Å². The van der Waals surface area contributed by atoms with Crippen LogP contribution in [0.5, 0.6) is 0 Å². The number of amides is 1. The molecule has 132 valence electrons. The monoisotopic (exact) mass is 348 g/mol. The van der Waals surface area contributed by atoms with Crippen molar-refractivity contribution in [3.05, 3.63) is 82.0 Å². The van der Waals surface area contributed by atoms with Crippen LogP contribution in [0.25, 0.3) is 11.1 Å². The molecule has 0 bridgehead atoms. The molecule has 0 saturated carbocycles. The van der Waals surface area contributed by atoms with Gasteiger partial charge in [0.1, 0.15) is 5.82 Å². The van der Waals surface area contributed by atoms with E-state index in [1.165, 1.54) is 6.07 Å². The first-order valence-electron chi connectivity index (χ1n) is 8.27. The summed E-state index contributed by atoms with van der Waals surface area (Å²) in [7, 11) is 0. The van der Waals surface area contributed by atoms with Gasteiger partial charge < -0.3 is 16.0 Å². The van der Waals surface area contributed by atoms with Crippen LogP contribution in [0, 0.1) is 6.92 Å². The SMILES string of the molecule is Cc1nc(C(C)NC(=O)c2ccc(-c3ccc(N)cc3)cc2)cc(=O)[nH]1. The summed E-state index contributed by atoms with van der Waals surface area (Å²) >= 11 is 0. The van der Waals surface area contributed by atoms with Crippen LogP contribution in [-0.2, 0) is 0 Å². The molecular weight excluding hydrogens is 328 g/mol. The molecule has 6 nitrogen and oxygen atoms in total. The van der Waals surface area contributed by atoms with Gasteiger partial charge in [0.25, 0.3) is 11.5 Å². The topological polar surface area (TPSA) is 101 Å². The van der Waals surface area contributed by atoms with Crippen molar-refractivity contribution in [1.29, 1.82) is 0 Å². The third kappa shape index (κ3) is 3.97. The largest absolute Gasteiger partial charge is 0.399 e. The highest BCUT2D eigenvalue weighted by Gasteiger charge is 2.13. The van der Waals surface area contributed by atoms with Gasteiger partial charge in [0.2, 0.25) is 0 Å². The molecule has 1 amide bonds. The van der Waals surface area contributed by atoms with E-state index < -0.39 is 0 Å². The highest BCUT2D eigenvalue weighted by atomic mass is 16.1. The number of hydrogen-bond donors (Lipinski definition) is 3. The quantitative estimate of drug-likeness (QED) is 0.631. The Bertz CT molecular complexity index is 976. The second-order valence-corrected chi connectivity index (χ2v) is 6.15. The first-order chi connectivity index (χ1) is 12.4. The predicted molar refractivity (Wildman–Crippen MR) is 102 cm³/mol. The van der Waals surface area contributed by atoms with Crippen LogP contribution < -0.4 is 16.6 Å². The Hall–Kier alpha value is -3.41. The number of hydrogen-bond acceptors (Lipinski definition) is 4. The molecule has 0 fully saturated rings. The van der Waals surface area contributed by atoms with Crippen molar-refractivity contribution in [3.63, 3.8) is 0 Å². The first kappa shape index (κ1) is 17.4. The maximum absolute atomic E-state index is 12.4. The fourth-order valence-electron chi connectivity index (χ4n) is 2.67. The Labute approximate surface area is 151 Å². The zero-order valence-electron chi connectivity index (χ0n) is 14.6. The highest BCUT2D eigenvalue weighted by Crippen LogP contribution is 2.21. The number of aryl methyl sites for hydroxylation is 1. The lowest BCUT2D eigenvalue weighted by Gasteiger charge is -2.14. The minimum atomic E-state index is -0.375. The molecule has 2 aromatic carbocycles. The van der Waals surface area contributed by atoms with E-state index in [0.29, 0.717) is 22.8 Å². The van der Waals surface area contributed by atoms with Crippen molar-refractivity contribution in [3.8, 4) is 11.1 Å². The molecule has 1 unspecified atom stereocenters. The summed E-state index contributed by atoms with van der Waals surface area (Å²) in [4.78, 5) is 30.8. The Morgan fingerprint density at radius 1 is 1.08 bits per heavy atom. The van der Waals surface area contributed by atoms with E-state index in [4.69, 9.17) is 5.73 Å². The summed E-state index contributed by atoms with van der Waals surface area (Å²) in [5.74, 6) is 0.294. The van der Waals surface area contributed by atoms with Gasteiger partial charge in [-0.1, -0.05) is 24.3 Å². The Kier molecular flexibility index (Phi) is 4.84. The lowest BCUT2D eigenvalue weighted by atomic mass is 10.0. The molecule has 1 atom stereocenters. The zero-order chi connectivity index (χ0) is 18.7. The number of carbonyl (C=O) groups is 1. The molecule has 0 radical (unpaired) electrons. The molecule has 1 heterocycles. The summed E-state index contributed by atoms with van der Waals surface area (Å²) in [5.41, 5.74) is 9.27. The van der Waals surface area contributed by atoms with Crippen molar-refractivity contribution >= 4 is 11.6 Å². The molecule has 0 aliphatic carbocycles. The fourth-order valence-corrected chi connectivity index (χ4v) is 2.67.